The van der Waals surface area contributed by atoms with Gasteiger partial charge in [-0.2, -0.15) is 0 Å². The number of hydrogen-bond donors (Lipinski definition) is 1. The average Bonchev–Trinajstić information content (AvgIpc) is 2.42. The molecular formula is C14H20ClN3O. The fourth-order valence-corrected chi connectivity index (χ4v) is 2.79. The summed E-state index contributed by atoms with van der Waals surface area (Å²) >= 11 is 5.90. The molecule has 0 unspecified atom stereocenters. The minimum atomic E-state index is -0.0417. The van der Waals surface area contributed by atoms with Crippen LogP contribution < -0.4 is 5.73 Å². The number of amides is 1. The zero-order chi connectivity index (χ0) is 13.8. The molecule has 1 aliphatic carbocycles. The zero-order valence-electron chi connectivity index (χ0n) is 11.2. The number of nitrogens with two attached hydrogens (primary N) is 1. The van der Waals surface area contributed by atoms with E-state index >= 15 is 0 Å². The van der Waals surface area contributed by atoms with Crippen molar-refractivity contribution in [2.24, 2.45) is 5.92 Å². The van der Waals surface area contributed by atoms with Crippen molar-refractivity contribution in [2.75, 3.05) is 19.3 Å². The quantitative estimate of drug-likeness (QED) is 0.927. The maximum atomic E-state index is 12.3. The van der Waals surface area contributed by atoms with Gasteiger partial charge in [0.05, 0.1) is 10.6 Å². The molecule has 1 aromatic heterocycles. The van der Waals surface area contributed by atoms with Gasteiger partial charge in [0, 0.05) is 19.8 Å². The maximum absolute atomic E-state index is 12.3. The zero-order valence-corrected chi connectivity index (χ0v) is 12.0. The van der Waals surface area contributed by atoms with Crippen molar-refractivity contribution in [3.05, 3.63) is 22.8 Å². The molecule has 0 atom stereocenters. The van der Waals surface area contributed by atoms with Crippen molar-refractivity contribution in [1.29, 1.82) is 0 Å². The molecule has 1 aliphatic rings. The molecule has 0 spiro atoms. The summed E-state index contributed by atoms with van der Waals surface area (Å²) in [6.07, 6.45) is 7.81. The average molecular weight is 282 g/mol. The van der Waals surface area contributed by atoms with Crippen LogP contribution in [0.5, 0.6) is 0 Å². The van der Waals surface area contributed by atoms with Gasteiger partial charge in [-0.25, -0.2) is 4.98 Å². The molecule has 5 heteroatoms. The third-order valence-electron chi connectivity index (χ3n) is 3.72. The van der Waals surface area contributed by atoms with Crippen LogP contribution in [0.15, 0.2) is 12.3 Å². The summed E-state index contributed by atoms with van der Waals surface area (Å²) in [7, 11) is 1.83. The van der Waals surface area contributed by atoms with Gasteiger partial charge in [0.2, 0.25) is 0 Å². The van der Waals surface area contributed by atoms with E-state index in [0.29, 0.717) is 16.5 Å². The molecule has 1 heterocycles. The topological polar surface area (TPSA) is 59.2 Å². The van der Waals surface area contributed by atoms with Crippen molar-refractivity contribution in [3.63, 3.8) is 0 Å². The number of pyridine rings is 1. The number of halogens is 1. The Morgan fingerprint density at radius 1 is 1.47 bits per heavy atom. The Labute approximate surface area is 118 Å². The third-order valence-corrected chi connectivity index (χ3v) is 4.02. The van der Waals surface area contributed by atoms with Gasteiger partial charge in [-0.1, -0.05) is 30.9 Å². The van der Waals surface area contributed by atoms with E-state index in [1.54, 1.807) is 11.0 Å². The lowest BCUT2D eigenvalue weighted by molar-refractivity contribution is 0.0760. The number of nitrogens with zero attached hydrogens (tertiary/aromatic N) is 2. The SMILES string of the molecule is CN(CC1CCCCC1)C(=O)c1cnc(N)c(Cl)c1. The molecule has 0 bridgehead atoms. The fraction of sp³-hybridized carbons (Fsp3) is 0.571. The summed E-state index contributed by atoms with van der Waals surface area (Å²) < 4.78 is 0. The second-order valence-electron chi connectivity index (χ2n) is 5.28. The first-order valence-corrected chi connectivity index (χ1v) is 7.12. The summed E-state index contributed by atoms with van der Waals surface area (Å²) in [5, 5.41) is 0.330. The summed E-state index contributed by atoms with van der Waals surface area (Å²) in [5.74, 6) is 0.841. The molecule has 1 aromatic rings. The van der Waals surface area contributed by atoms with Crippen LogP contribution in [0.25, 0.3) is 0 Å². The van der Waals surface area contributed by atoms with Crippen LogP contribution in [0.3, 0.4) is 0 Å². The van der Waals surface area contributed by atoms with Gasteiger partial charge in [0.15, 0.2) is 0 Å². The number of carbonyl (C=O) groups excluding carboxylic acids is 1. The molecule has 4 nitrogen and oxygen atoms in total. The largest absolute Gasteiger partial charge is 0.382 e. The van der Waals surface area contributed by atoms with Crippen LogP contribution in [0.1, 0.15) is 42.5 Å². The highest BCUT2D eigenvalue weighted by atomic mass is 35.5. The monoisotopic (exact) mass is 281 g/mol. The van der Waals surface area contributed by atoms with E-state index in [1.165, 1.54) is 38.3 Å². The van der Waals surface area contributed by atoms with E-state index in [2.05, 4.69) is 4.98 Å². The summed E-state index contributed by atoms with van der Waals surface area (Å²) in [6.45, 7) is 0.806. The second-order valence-corrected chi connectivity index (χ2v) is 5.69. The van der Waals surface area contributed by atoms with E-state index in [0.717, 1.165) is 6.54 Å². The van der Waals surface area contributed by atoms with E-state index in [-0.39, 0.29) is 11.7 Å². The molecule has 0 aromatic carbocycles. The maximum Gasteiger partial charge on any atom is 0.255 e. The summed E-state index contributed by atoms with van der Waals surface area (Å²) in [4.78, 5) is 18.0. The Balaban J connectivity index is 1.99. The van der Waals surface area contributed by atoms with Crippen LogP contribution in [-0.4, -0.2) is 29.4 Å². The lowest BCUT2D eigenvalue weighted by Gasteiger charge is -2.27. The van der Waals surface area contributed by atoms with Gasteiger partial charge < -0.3 is 10.6 Å². The lowest BCUT2D eigenvalue weighted by atomic mass is 9.89. The van der Waals surface area contributed by atoms with E-state index in [9.17, 15) is 4.79 Å². The molecule has 0 radical (unpaired) electrons. The molecule has 104 valence electrons. The van der Waals surface area contributed by atoms with Gasteiger partial charge in [-0.05, 0) is 24.8 Å². The smallest absolute Gasteiger partial charge is 0.255 e. The first-order chi connectivity index (χ1) is 9.08. The van der Waals surface area contributed by atoms with Crippen LogP contribution >= 0.6 is 11.6 Å². The predicted octanol–water partition coefficient (Wildman–Crippen LogP) is 2.97. The van der Waals surface area contributed by atoms with Crippen LogP contribution in [-0.2, 0) is 0 Å². The third kappa shape index (κ3) is 3.60. The number of carbonyl (C=O) groups is 1. The minimum Gasteiger partial charge on any atom is -0.382 e. The van der Waals surface area contributed by atoms with Crippen LogP contribution in [0.2, 0.25) is 5.02 Å². The van der Waals surface area contributed by atoms with Gasteiger partial charge in [-0.15, -0.1) is 0 Å². The highest BCUT2D eigenvalue weighted by molar-refractivity contribution is 6.33. The van der Waals surface area contributed by atoms with Gasteiger partial charge in [0.1, 0.15) is 5.82 Å². The normalized spacial score (nSPS) is 16.3. The highest BCUT2D eigenvalue weighted by Gasteiger charge is 2.19. The predicted molar refractivity (Wildman–Crippen MR) is 77.2 cm³/mol. The number of nitrogen functional groups attached to an aromatic ring is 1. The fourth-order valence-electron chi connectivity index (χ4n) is 2.63. The molecule has 2 rings (SSSR count). The van der Waals surface area contributed by atoms with Crippen LogP contribution in [0, 0.1) is 5.92 Å². The van der Waals surface area contributed by atoms with Crippen molar-refractivity contribution in [2.45, 2.75) is 32.1 Å². The number of hydrogen-bond acceptors (Lipinski definition) is 3. The Kier molecular flexibility index (Phi) is 4.64. The van der Waals surface area contributed by atoms with Gasteiger partial charge >= 0.3 is 0 Å². The number of rotatable bonds is 3. The molecule has 1 saturated carbocycles. The van der Waals surface area contributed by atoms with Crippen molar-refractivity contribution in [3.8, 4) is 0 Å². The first kappa shape index (κ1) is 14.1. The lowest BCUT2D eigenvalue weighted by Crippen LogP contribution is -2.32. The van der Waals surface area contributed by atoms with Gasteiger partial charge in [-0.3, -0.25) is 4.79 Å². The molecule has 1 fully saturated rings. The van der Waals surface area contributed by atoms with Crippen molar-refractivity contribution in [1.82, 2.24) is 9.88 Å². The Morgan fingerprint density at radius 2 is 2.16 bits per heavy atom. The van der Waals surface area contributed by atoms with Crippen molar-refractivity contribution >= 4 is 23.3 Å². The van der Waals surface area contributed by atoms with E-state index < -0.39 is 0 Å². The van der Waals surface area contributed by atoms with E-state index in [1.807, 2.05) is 7.05 Å². The Hall–Kier alpha value is -1.29. The first-order valence-electron chi connectivity index (χ1n) is 6.74. The number of aromatic nitrogens is 1. The highest BCUT2D eigenvalue weighted by Crippen LogP contribution is 2.25. The van der Waals surface area contributed by atoms with Crippen LogP contribution in [0.4, 0.5) is 5.82 Å². The molecule has 2 N–H and O–H groups in total. The Morgan fingerprint density at radius 3 is 2.79 bits per heavy atom. The molecule has 19 heavy (non-hydrogen) atoms. The molecule has 0 saturated heterocycles. The summed E-state index contributed by atoms with van der Waals surface area (Å²) in [5.41, 5.74) is 6.04. The molecule has 0 aliphatic heterocycles. The second kappa shape index (κ2) is 6.24. The summed E-state index contributed by atoms with van der Waals surface area (Å²) in [6, 6.07) is 1.59. The minimum absolute atomic E-state index is 0.0417. The van der Waals surface area contributed by atoms with E-state index in [4.69, 9.17) is 17.3 Å². The molecule has 1 amide bonds. The van der Waals surface area contributed by atoms with Gasteiger partial charge in [0.25, 0.3) is 5.91 Å². The molecular weight excluding hydrogens is 262 g/mol. The van der Waals surface area contributed by atoms with Crippen molar-refractivity contribution < 1.29 is 4.79 Å². The standard InChI is InChI=1S/C14H20ClN3O/c1-18(9-10-5-3-2-4-6-10)14(19)11-7-12(15)13(16)17-8-11/h7-8,10H,2-6,9H2,1H3,(H2,16,17). The number of anilines is 1. The Bertz CT molecular complexity index is 458.